The Kier molecular flexibility index (Phi) is 5.51. The molecule has 0 aliphatic carbocycles. The number of thioether (sulfide) groups is 1. The minimum Gasteiger partial charge on any atom is -0.370 e. The molecule has 3 aromatic heterocycles. The van der Waals surface area contributed by atoms with Gasteiger partial charge in [-0.3, -0.25) is 0 Å². The second kappa shape index (κ2) is 8.53. The molecule has 1 saturated heterocycles. The number of aromatic nitrogens is 3. The molecular formula is C26H28N4OS2. The first kappa shape index (κ1) is 21.3. The highest BCUT2D eigenvalue weighted by Gasteiger charge is 2.33. The van der Waals surface area contributed by atoms with Gasteiger partial charge in [-0.2, -0.15) is 0 Å². The van der Waals surface area contributed by atoms with E-state index in [1.165, 1.54) is 39.6 Å². The molecule has 1 aromatic carbocycles. The van der Waals surface area contributed by atoms with Crippen molar-refractivity contribution in [2.24, 2.45) is 0 Å². The quantitative estimate of drug-likeness (QED) is 0.259. The van der Waals surface area contributed by atoms with Crippen LogP contribution in [0.25, 0.3) is 20.4 Å². The number of rotatable bonds is 5. The molecule has 0 amide bonds. The summed E-state index contributed by atoms with van der Waals surface area (Å²) in [5, 5.41) is 2.29. The molecule has 2 aliphatic rings. The summed E-state index contributed by atoms with van der Waals surface area (Å²) in [6, 6.07) is 10.7. The Morgan fingerprint density at radius 3 is 2.73 bits per heavy atom. The molecule has 2 aliphatic heterocycles. The van der Waals surface area contributed by atoms with Gasteiger partial charge in [-0.05, 0) is 44.2 Å². The number of aryl methyl sites for hydroxylation is 1. The average Bonchev–Trinajstić information content (AvgIpc) is 3.47. The Hall–Kier alpha value is -2.22. The second-order valence-corrected chi connectivity index (χ2v) is 11.6. The van der Waals surface area contributed by atoms with E-state index in [2.05, 4.69) is 54.1 Å². The van der Waals surface area contributed by atoms with Gasteiger partial charge in [0, 0.05) is 36.2 Å². The summed E-state index contributed by atoms with van der Waals surface area (Å²) < 4.78 is 7.42. The molecule has 6 rings (SSSR count). The standard InChI is InChI=1S/C26H28N4OS2/c1-26(2)14-18-19(15-31-26)23(30-11-6-7-12-30)29-24-20(18)21-22(33-24)25(28-16-27-21)32-13-10-17-8-4-3-5-9-17/h3-5,8-9,16H,6-7,10-15H2,1-2H3. The fourth-order valence-electron chi connectivity index (χ4n) is 4.97. The Balaban J connectivity index is 1.44. The molecule has 33 heavy (non-hydrogen) atoms. The minimum atomic E-state index is -0.182. The van der Waals surface area contributed by atoms with E-state index in [1.807, 2.05) is 11.8 Å². The van der Waals surface area contributed by atoms with Crippen molar-refractivity contribution in [3.05, 3.63) is 53.3 Å². The normalized spacial score (nSPS) is 17.7. The van der Waals surface area contributed by atoms with Gasteiger partial charge in [0.05, 0.1) is 22.4 Å². The highest BCUT2D eigenvalue weighted by atomic mass is 32.2. The zero-order valence-electron chi connectivity index (χ0n) is 19.1. The van der Waals surface area contributed by atoms with Crippen LogP contribution in [0.3, 0.4) is 0 Å². The van der Waals surface area contributed by atoms with Crippen molar-refractivity contribution in [3.63, 3.8) is 0 Å². The van der Waals surface area contributed by atoms with Crippen molar-refractivity contribution in [1.82, 2.24) is 15.0 Å². The molecule has 1 fully saturated rings. The Labute approximate surface area is 202 Å². The van der Waals surface area contributed by atoms with E-state index in [4.69, 9.17) is 14.7 Å². The number of hydrogen-bond acceptors (Lipinski definition) is 7. The van der Waals surface area contributed by atoms with Crippen LogP contribution in [-0.4, -0.2) is 39.4 Å². The van der Waals surface area contributed by atoms with Crippen molar-refractivity contribution in [3.8, 4) is 0 Å². The smallest absolute Gasteiger partial charge is 0.136 e. The lowest BCUT2D eigenvalue weighted by atomic mass is 9.90. The molecule has 4 aromatic rings. The third kappa shape index (κ3) is 4.00. The van der Waals surface area contributed by atoms with Crippen molar-refractivity contribution >= 4 is 49.3 Å². The molecule has 0 spiro atoms. The number of thiophene rings is 1. The molecule has 5 heterocycles. The average molecular weight is 477 g/mol. The lowest BCUT2D eigenvalue weighted by Gasteiger charge is -2.34. The van der Waals surface area contributed by atoms with Crippen LogP contribution in [0.1, 0.15) is 43.4 Å². The Morgan fingerprint density at radius 1 is 1.09 bits per heavy atom. The maximum atomic E-state index is 6.25. The lowest BCUT2D eigenvalue weighted by molar-refractivity contribution is -0.0395. The fraction of sp³-hybridized carbons (Fsp3) is 0.423. The molecule has 0 N–H and O–H groups in total. The number of benzene rings is 1. The Morgan fingerprint density at radius 2 is 1.91 bits per heavy atom. The van der Waals surface area contributed by atoms with Crippen LogP contribution >= 0.6 is 23.1 Å². The van der Waals surface area contributed by atoms with Crippen LogP contribution in [0, 0.1) is 0 Å². The van der Waals surface area contributed by atoms with E-state index in [0.717, 1.165) is 52.9 Å². The number of pyridine rings is 1. The summed E-state index contributed by atoms with van der Waals surface area (Å²) in [7, 11) is 0. The van der Waals surface area contributed by atoms with Gasteiger partial charge < -0.3 is 9.64 Å². The molecule has 7 heteroatoms. The summed E-state index contributed by atoms with van der Waals surface area (Å²) in [4.78, 5) is 18.2. The van der Waals surface area contributed by atoms with E-state index in [1.54, 1.807) is 17.7 Å². The Bertz CT molecular complexity index is 1310. The summed E-state index contributed by atoms with van der Waals surface area (Å²) in [6.45, 7) is 7.16. The van der Waals surface area contributed by atoms with E-state index >= 15 is 0 Å². The zero-order chi connectivity index (χ0) is 22.4. The summed E-state index contributed by atoms with van der Waals surface area (Å²) in [5.41, 5.74) is 4.88. The van der Waals surface area contributed by atoms with E-state index in [-0.39, 0.29) is 5.60 Å². The number of ether oxygens (including phenoxy) is 1. The maximum Gasteiger partial charge on any atom is 0.136 e. The van der Waals surface area contributed by atoms with Crippen LogP contribution in [0.5, 0.6) is 0 Å². The van der Waals surface area contributed by atoms with Crippen LogP contribution in [0.15, 0.2) is 41.7 Å². The van der Waals surface area contributed by atoms with Crippen molar-refractivity contribution in [2.75, 3.05) is 23.7 Å². The molecule has 170 valence electrons. The van der Waals surface area contributed by atoms with Crippen molar-refractivity contribution in [2.45, 2.75) is 56.8 Å². The van der Waals surface area contributed by atoms with Gasteiger partial charge in [-0.15, -0.1) is 23.1 Å². The maximum absolute atomic E-state index is 6.25. The number of hydrogen-bond donors (Lipinski definition) is 0. The zero-order valence-corrected chi connectivity index (χ0v) is 20.8. The van der Waals surface area contributed by atoms with E-state index in [9.17, 15) is 0 Å². The first-order valence-corrected chi connectivity index (χ1v) is 13.5. The van der Waals surface area contributed by atoms with Crippen LogP contribution in [0.4, 0.5) is 5.82 Å². The number of anilines is 1. The second-order valence-electron chi connectivity index (χ2n) is 9.53. The lowest BCUT2D eigenvalue weighted by Crippen LogP contribution is -2.33. The summed E-state index contributed by atoms with van der Waals surface area (Å²) in [5.74, 6) is 2.12. The van der Waals surface area contributed by atoms with Gasteiger partial charge >= 0.3 is 0 Å². The van der Waals surface area contributed by atoms with Gasteiger partial charge in [0.2, 0.25) is 0 Å². The van der Waals surface area contributed by atoms with Crippen LogP contribution in [0.2, 0.25) is 0 Å². The molecule has 0 bridgehead atoms. The SMILES string of the molecule is CC1(C)Cc2c(c(N3CCCC3)nc3sc4c(SCCc5ccccc5)ncnc4c23)CO1. The van der Waals surface area contributed by atoms with Gasteiger partial charge in [0.15, 0.2) is 0 Å². The van der Waals surface area contributed by atoms with Gasteiger partial charge in [0.25, 0.3) is 0 Å². The van der Waals surface area contributed by atoms with Gasteiger partial charge in [0.1, 0.15) is 22.0 Å². The first-order chi connectivity index (χ1) is 16.1. The third-order valence-corrected chi connectivity index (χ3v) is 8.85. The molecule has 0 saturated carbocycles. The third-order valence-electron chi connectivity index (χ3n) is 6.65. The molecule has 0 radical (unpaired) electrons. The predicted octanol–water partition coefficient (Wildman–Crippen LogP) is 6.03. The largest absolute Gasteiger partial charge is 0.370 e. The van der Waals surface area contributed by atoms with Gasteiger partial charge in [-0.25, -0.2) is 15.0 Å². The summed E-state index contributed by atoms with van der Waals surface area (Å²) in [6.07, 6.45) is 6.11. The van der Waals surface area contributed by atoms with E-state index < -0.39 is 0 Å². The van der Waals surface area contributed by atoms with E-state index in [0.29, 0.717) is 6.61 Å². The monoisotopic (exact) mass is 476 g/mol. The molecule has 0 atom stereocenters. The predicted molar refractivity (Wildman–Crippen MR) is 138 cm³/mol. The fourth-order valence-corrected chi connectivity index (χ4v) is 7.19. The highest BCUT2D eigenvalue weighted by Crippen LogP contribution is 2.44. The van der Waals surface area contributed by atoms with Crippen LogP contribution < -0.4 is 4.90 Å². The van der Waals surface area contributed by atoms with Crippen molar-refractivity contribution in [1.29, 1.82) is 0 Å². The van der Waals surface area contributed by atoms with Crippen molar-refractivity contribution < 1.29 is 4.74 Å². The highest BCUT2D eigenvalue weighted by molar-refractivity contribution is 7.99. The minimum absolute atomic E-state index is 0.182. The topological polar surface area (TPSA) is 51.1 Å². The van der Waals surface area contributed by atoms with Gasteiger partial charge in [-0.1, -0.05) is 30.3 Å². The number of nitrogens with zero attached hydrogens (tertiary/aromatic N) is 4. The molecule has 0 unspecified atom stereocenters. The molecule has 5 nitrogen and oxygen atoms in total. The van der Waals surface area contributed by atoms with Crippen LogP contribution in [-0.2, 0) is 24.2 Å². The first-order valence-electron chi connectivity index (χ1n) is 11.7. The summed E-state index contributed by atoms with van der Waals surface area (Å²) >= 11 is 3.58. The number of fused-ring (bicyclic) bond motifs is 5. The molecular weight excluding hydrogens is 448 g/mol.